The van der Waals surface area contributed by atoms with Gasteiger partial charge in [0.2, 0.25) is 0 Å². The zero-order chi connectivity index (χ0) is 21.3. The van der Waals surface area contributed by atoms with Crippen LogP contribution in [0.15, 0.2) is 48.7 Å². The highest BCUT2D eigenvalue weighted by atomic mass is 35.5. The van der Waals surface area contributed by atoms with Crippen LogP contribution in [0.4, 0.5) is 0 Å². The van der Waals surface area contributed by atoms with Gasteiger partial charge in [0.1, 0.15) is 5.65 Å². The molecule has 7 heteroatoms. The van der Waals surface area contributed by atoms with Crippen molar-refractivity contribution in [1.82, 2.24) is 19.2 Å². The van der Waals surface area contributed by atoms with E-state index in [1.165, 1.54) is 0 Å². The van der Waals surface area contributed by atoms with Crippen molar-refractivity contribution in [2.45, 2.75) is 25.5 Å². The number of hydrogen-bond acceptors (Lipinski definition) is 4. The Hall–Kier alpha value is -2.41. The summed E-state index contributed by atoms with van der Waals surface area (Å²) < 4.78 is 1.92. The van der Waals surface area contributed by atoms with E-state index in [0.717, 1.165) is 37.2 Å². The summed E-state index contributed by atoms with van der Waals surface area (Å²) >= 11 is 6.21. The molecule has 1 aromatic carbocycles. The van der Waals surface area contributed by atoms with Crippen molar-refractivity contribution in [3.63, 3.8) is 0 Å². The molecule has 1 N–H and O–H groups in total. The minimum Gasteiger partial charge on any atom is -0.388 e. The van der Waals surface area contributed by atoms with Crippen LogP contribution in [0.5, 0.6) is 0 Å². The molecule has 3 heterocycles. The lowest BCUT2D eigenvalue weighted by atomic mass is 9.87. The number of hydrogen-bond donors (Lipinski definition) is 1. The van der Waals surface area contributed by atoms with Gasteiger partial charge < -0.3 is 14.4 Å². The number of carbonyl (C=O) groups is 1. The molecule has 0 radical (unpaired) electrons. The highest BCUT2D eigenvalue weighted by Gasteiger charge is 2.28. The topological polar surface area (TPSA) is 61.1 Å². The fraction of sp³-hybridized carbons (Fsp3) is 0.391. The Morgan fingerprint density at radius 1 is 1.20 bits per heavy atom. The third kappa shape index (κ3) is 4.21. The second-order valence-electron chi connectivity index (χ2n) is 8.15. The SMILES string of the molecule is CN(C)C(=O)c1nc2ccc(Cl)cn2c1CN1CCC([C@@H](O)c2ccccc2)CC1. The van der Waals surface area contributed by atoms with E-state index in [-0.39, 0.29) is 11.8 Å². The first-order chi connectivity index (χ1) is 14.4. The summed E-state index contributed by atoms with van der Waals surface area (Å²) in [5, 5.41) is 11.3. The molecule has 0 aliphatic carbocycles. The zero-order valence-corrected chi connectivity index (χ0v) is 18.1. The number of rotatable bonds is 5. The third-order valence-electron chi connectivity index (χ3n) is 5.88. The minimum absolute atomic E-state index is 0.112. The molecule has 30 heavy (non-hydrogen) atoms. The van der Waals surface area contributed by atoms with Crippen LogP contribution in [0, 0.1) is 5.92 Å². The average molecular weight is 427 g/mol. The Balaban J connectivity index is 1.52. The molecule has 6 nitrogen and oxygen atoms in total. The van der Waals surface area contributed by atoms with Crippen molar-refractivity contribution in [3.05, 3.63) is 70.6 Å². The van der Waals surface area contributed by atoms with Crippen molar-refractivity contribution in [1.29, 1.82) is 0 Å². The lowest BCUT2D eigenvalue weighted by molar-refractivity contribution is 0.0561. The second-order valence-corrected chi connectivity index (χ2v) is 8.59. The van der Waals surface area contributed by atoms with E-state index in [4.69, 9.17) is 11.6 Å². The number of nitrogens with zero attached hydrogens (tertiary/aromatic N) is 4. The molecule has 1 aliphatic heterocycles. The number of piperidine rings is 1. The Bertz CT molecular complexity index is 1030. The summed E-state index contributed by atoms with van der Waals surface area (Å²) in [4.78, 5) is 21.2. The molecule has 0 unspecified atom stereocenters. The highest BCUT2D eigenvalue weighted by Crippen LogP contribution is 2.31. The fourth-order valence-corrected chi connectivity index (χ4v) is 4.32. The normalized spacial score (nSPS) is 16.7. The van der Waals surface area contributed by atoms with Crippen LogP contribution in [0.1, 0.15) is 40.7 Å². The number of aliphatic hydroxyl groups excluding tert-OH is 1. The molecular formula is C23H27ClN4O2. The average Bonchev–Trinajstić information content (AvgIpc) is 3.11. The van der Waals surface area contributed by atoms with E-state index in [9.17, 15) is 9.90 Å². The lowest BCUT2D eigenvalue weighted by Crippen LogP contribution is -2.36. The number of halogens is 1. The first kappa shape index (κ1) is 20.8. The van der Waals surface area contributed by atoms with Gasteiger partial charge in [-0.3, -0.25) is 9.69 Å². The maximum Gasteiger partial charge on any atom is 0.273 e. The minimum atomic E-state index is -0.436. The second kappa shape index (κ2) is 8.76. The smallest absolute Gasteiger partial charge is 0.273 e. The van der Waals surface area contributed by atoms with Gasteiger partial charge in [-0.25, -0.2) is 4.98 Å². The van der Waals surface area contributed by atoms with E-state index in [0.29, 0.717) is 22.9 Å². The van der Waals surface area contributed by atoms with Crippen LogP contribution in [0.25, 0.3) is 5.65 Å². The Morgan fingerprint density at radius 3 is 2.57 bits per heavy atom. The maximum absolute atomic E-state index is 12.7. The molecule has 3 aromatic rings. The van der Waals surface area contributed by atoms with Gasteiger partial charge in [-0.05, 0) is 49.5 Å². The number of amides is 1. The monoisotopic (exact) mass is 426 g/mol. The molecule has 0 spiro atoms. The molecule has 0 bridgehead atoms. The molecule has 0 saturated carbocycles. The van der Waals surface area contributed by atoms with Gasteiger partial charge in [0.15, 0.2) is 5.69 Å². The standard InChI is InChI=1S/C23H27ClN4O2/c1-26(2)23(30)21-19(28-14-18(24)8-9-20(28)25-21)15-27-12-10-17(11-13-27)22(29)16-6-4-3-5-7-16/h3-9,14,17,22,29H,10-13,15H2,1-2H3/t22-/m0/s1. The van der Waals surface area contributed by atoms with Gasteiger partial charge in [-0.2, -0.15) is 0 Å². The molecule has 1 amide bonds. The molecule has 4 rings (SSSR count). The Morgan fingerprint density at radius 2 is 1.90 bits per heavy atom. The van der Waals surface area contributed by atoms with Crippen LogP contribution in [0.2, 0.25) is 5.02 Å². The van der Waals surface area contributed by atoms with Crippen LogP contribution in [-0.4, -0.2) is 57.4 Å². The number of aliphatic hydroxyl groups is 1. The Kier molecular flexibility index (Phi) is 6.09. The van der Waals surface area contributed by atoms with Crippen molar-refractivity contribution < 1.29 is 9.90 Å². The van der Waals surface area contributed by atoms with Crippen LogP contribution >= 0.6 is 11.6 Å². The first-order valence-electron chi connectivity index (χ1n) is 10.3. The van der Waals surface area contributed by atoms with Gasteiger partial charge >= 0.3 is 0 Å². The van der Waals surface area contributed by atoms with Crippen molar-refractivity contribution in [3.8, 4) is 0 Å². The predicted octanol–water partition coefficient (Wildman–Crippen LogP) is 3.64. The number of aromatic nitrogens is 2. The lowest BCUT2D eigenvalue weighted by Gasteiger charge is -2.34. The largest absolute Gasteiger partial charge is 0.388 e. The van der Waals surface area contributed by atoms with Crippen LogP contribution in [0.3, 0.4) is 0 Å². The van der Waals surface area contributed by atoms with E-state index in [1.807, 2.05) is 47.0 Å². The summed E-state index contributed by atoms with van der Waals surface area (Å²) in [6.45, 7) is 2.33. The molecule has 1 atom stereocenters. The fourth-order valence-electron chi connectivity index (χ4n) is 4.16. The summed E-state index contributed by atoms with van der Waals surface area (Å²) in [5.74, 6) is 0.127. The van der Waals surface area contributed by atoms with Crippen molar-refractivity contribution in [2.75, 3.05) is 27.2 Å². The van der Waals surface area contributed by atoms with E-state index < -0.39 is 6.10 Å². The number of benzene rings is 1. The summed E-state index contributed by atoms with van der Waals surface area (Å²) in [6.07, 6.45) is 3.20. The zero-order valence-electron chi connectivity index (χ0n) is 17.3. The number of likely N-dealkylation sites (tertiary alicyclic amines) is 1. The molecule has 1 aliphatic rings. The predicted molar refractivity (Wildman–Crippen MR) is 118 cm³/mol. The summed E-state index contributed by atoms with van der Waals surface area (Å²) in [7, 11) is 3.47. The van der Waals surface area contributed by atoms with Gasteiger partial charge in [0.05, 0.1) is 16.8 Å². The van der Waals surface area contributed by atoms with E-state index in [1.54, 1.807) is 25.1 Å². The van der Waals surface area contributed by atoms with E-state index >= 15 is 0 Å². The molecule has 1 fully saturated rings. The molecular weight excluding hydrogens is 400 g/mol. The summed E-state index contributed by atoms with van der Waals surface area (Å²) in [6, 6.07) is 13.5. The van der Waals surface area contributed by atoms with Gasteiger partial charge in [-0.1, -0.05) is 41.9 Å². The maximum atomic E-state index is 12.7. The summed E-state index contributed by atoms with van der Waals surface area (Å²) in [5.41, 5.74) is 3.02. The quantitative estimate of drug-likeness (QED) is 0.676. The molecule has 1 saturated heterocycles. The van der Waals surface area contributed by atoms with Crippen molar-refractivity contribution in [2.24, 2.45) is 5.92 Å². The van der Waals surface area contributed by atoms with Gasteiger partial charge in [-0.15, -0.1) is 0 Å². The number of fused-ring (bicyclic) bond motifs is 1. The number of carbonyl (C=O) groups excluding carboxylic acids is 1. The van der Waals surface area contributed by atoms with Crippen molar-refractivity contribution >= 4 is 23.2 Å². The van der Waals surface area contributed by atoms with Crippen LogP contribution < -0.4 is 0 Å². The molecule has 158 valence electrons. The van der Waals surface area contributed by atoms with Gasteiger partial charge in [0.25, 0.3) is 5.91 Å². The first-order valence-corrected chi connectivity index (χ1v) is 10.7. The van der Waals surface area contributed by atoms with Gasteiger partial charge in [0, 0.05) is 26.8 Å². The van der Waals surface area contributed by atoms with E-state index in [2.05, 4.69) is 9.88 Å². The van der Waals surface area contributed by atoms with Crippen LogP contribution in [-0.2, 0) is 6.54 Å². The third-order valence-corrected chi connectivity index (χ3v) is 6.11. The number of pyridine rings is 1. The number of imidazole rings is 1. The Labute approximate surface area is 181 Å². The highest BCUT2D eigenvalue weighted by molar-refractivity contribution is 6.30. The molecule has 2 aromatic heterocycles.